The maximum atomic E-state index is 12.6. The van der Waals surface area contributed by atoms with Gasteiger partial charge in [0.2, 0.25) is 5.91 Å². The van der Waals surface area contributed by atoms with Gasteiger partial charge in [-0.2, -0.15) is 0 Å². The van der Waals surface area contributed by atoms with Crippen molar-refractivity contribution in [1.82, 2.24) is 15.1 Å². The van der Waals surface area contributed by atoms with Crippen LogP contribution in [0.4, 0.5) is 0 Å². The summed E-state index contributed by atoms with van der Waals surface area (Å²) in [4.78, 5) is 18.0. The molecule has 21 heavy (non-hydrogen) atoms. The highest BCUT2D eigenvalue weighted by Gasteiger charge is 2.27. The summed E-state index contributed by atoms with van der Waals surface area (Å²) in [6.45, 7) is 7.58. The summed E-state index contributed by atoms with van der Waals surface area (Å²) >= 11 is 1.69. The zero-order valence-electron chi connectivity index (χ0n) is 12.8. The fraction of sp³-hybridized carbons (Fsp3) is 0.562. The molecule has 1 N–H and O–H groups in total. The number of nitrogens with one attached hydrogen (secondary N) is 1. The maximum Gasteiger partial charge on any atom is 0.237 e. The van der Waals surface area contributed by atoms with Gasteiger partial charge in [-0.05, 0) is 37.9 Å². The first-order valence-electron chi connectivity index (χ1n) is 7.54. The Kier molecular flexibility index (Phi) is 6.42. The summed E-state index contributed by atoms with van der Waals surface area (Å²) in [7, 11) is 1.97. The van der Waals surface area contributed by atoms with E-state index in [0.717, 1.165) is 13.1 Å². The molecule has 1 amide bonds. The number of likely N-dealkylation sites (N-methyl/N-ethyl adjacent to an activating group) is 1. The summed E-state index contributed by atoms with van der Waals surface area (Å²) in [6.07, 6.45) is 4.17. The third kappa shape index (κ3) is 4.66. The van der Waals surface area contributed by atoms with Crippen LogP contribution >= 0.6 is 11.3 Å². The summed E-state index contributed by atoms with van der Waals surface area (Å²) in [5.74, 6) is 0.200. The molecular weight excluding hydrogens is 282 g/mol. The first kappa shape index (κ1) is 16.2. The molecule has 1 aliphatic rings. The Hall–Kier alpha value is -1.17. The Balaban J connectivity index is 1.93. The second-order valence-electron chi connectivity index (χ2n) is 5.47. The number of carbonyl (C=O) groups excluding carboxylic acids is 1. The first-order chi connectivity index (χ1) is 10.2. The number of thiophene rings is 1. The Morgan fingerprint density at radius 3 is 3.19 bits per heavy atom. The molecule has 1 aromatic heterocycles. The van der Waals surface area contributed by atoms with Gasteiger partial charge in [0.25, 0.3) is 0 Å². The highest BCUT2D eigenvalue weighted by Crippen LogP contribution is 2.17. The lowest BCUT2D eigenvalue weighted by atomic mass is 10.2. The summed E-state index contributed by atoms with van der Waals surface area (Å²) in [5.41, 5.74) is 0. The lowest BCUT2D eigenvalue weighted by molar-refractivity contribution is -0.132. The lowest BCUT2D eigenvalue weighted by Gasteiger charge is -2.27. The second-order valence-corrected chi connectivity index (χ2v) is 6.50. The molecular formula is C16H25N3OS. The van der Waals surface area contributed by atoms with Gasteiger partial charge in [0, 0.05) is 24.0 Å². The van der Waals surface area contributed by atoms with Crippen molar-refractivity contribution < 1.29 is 4.79 Å². The molecule has 0 saturated carbocycles. The smallest absolute Gasteiger partial charge is 0.237 e. The van der Waals surface area contributed by atoms with Crippen molar-refractivity contribution in [1.29, 1.82) is 0 Å². The number of nitrogens with zero attached hydrogens (tertiary/aromatic N) is 2. The van der Waals surface area contributed by atoms with Crippen LogP contribution in [0.15, 0.2) is 30.2 Å². The summed E-state index contributed by atoms with van der Waals surface area (Å²) in [5, 5.41) is 5.27. The van der Waals surface area contributed by atoms with E-state index in [4.69, 9.17) is 0 Å². The number of carbonyl (C=O) groups is 1. The van der Waals surface area contributed by atoms with Crippen LogP contribution in [0.3, 0.4) is 0 Å². The fourth-order valence-corrected chi connectivity index (χ4v) is 3.56. The highest BCUT2D eigenvalue weighted by molar-refractivity contribution is 7.09. The Bertz CT molecular complexity index is 446. The molecule has 116 valence electrons. The molecule has 2 heterocycles. The van der Waals surface area contributed by atoms with E-state index in [1.807, 2.05) is 18.0 Å². The van der Waals surface area contributed by atoms with Gasteiger partial charge >= 0.3 is 0 Å². The van der Waals surface area contributed by atoms with Gasteiger partial charge in [-0.3, -0.25) is 9.69 Å². The van der Waals surface area contributed by atoms with Crippen molar-refractivity contribution in [3.63, 3.8) is 0 Å². The van der Waals surface area contributed by atoms with Crippen molar-refractivity contribution in [2.24, 2.45) is 0 Å². The van der Waals surface area contributed by atoms with E-state index in [1.54, 1.807) is 17.4 Å². The van der Waals surface area contributed by atoms with Crippen LogP contribution in [-0.2, 0) is 11.3 Å². The van der Waals surface area contributed by atoms with Gasteiger partial charge in [0.15, 0.2) is 0 Å². The Morgan fingerprint density at radius 1 is 1.67 bits per heavy atom. The standard InChI is InChI=1S/C16H25N3OS/c1-3-8-19(12-15-7-5-10-21-15)16(20)13-18-9-4-6-14(18)11-17-2/h3,5,7,10,14,17H,1,4,6,8-9,11-13H2,2H3. The van der Waals surface area contributed by atoms with Gasteiger partial charge in [-0.25, -0.2) is 0 Å². The van der Waals surface area contributed by atoms with Gasteiger partial charge in [-0.1, -0.05) is 12.1 Å². The maximum absolute atomic E-state index is 12.6. The number of likely N-dealkylation sites (tertiary alicyclic amines) is 1. The molecule has 1 aromatic rings. The van der Waals surface area contributed by atoms with Crippen molar-refractivity contribution in [3.05, 3.63) is 35.0 Å². The minimum absolute atomic E-state index is 0.200. The molecule has 0 aliphatic carbocycles. The molecule has 4 nitrogen and oxygen atoms in total. The van der Waals surface area contributed by atoms with Crippen molar-refractivity contribution in [3.8, 4) is 0 Å². The Labute approximate surface area is 131 Å². The largest absolute Gasteiger partial charge is 0.333 e. The average molecular weight is 307 g/mol. The zero-order chi connectivity index (χ0) is 15.1. The number of hydrogen-bond acceptors (Lipinski definition) is 4. The molecule has 0 bridgehead atoms. The predicted molar refractivity (Wildman–Crippen MR) is 88.5 cm³/mol. The van der Waals surface area contributed by atoms with Crippen LogP contribution in [0.5, 0.6) is 0 Å². The summed E-state index contributed by atoms with van der Waals surface area (Å²) < 4.78 is 0. The lowest BCUT2D eigenvalue weighted by Crippen LogP contribution is -2.44. The van der Waals surface area contributed by atoms with E-state index in [9.17, 15) is 4.79 Å². The quantitative estimate of drug-likeness (QED) is 0.746. The topological polar surface area (TPSA) is 35.6 Å². The molecule has 1 fully saturated rings. The van der Waals surface area contributed by atoms with E-state index in [0.29, 0.717) is 25.7 Å². The fourth-order valence-electron chi connectivity index (χ4n) is 2.84. The van der Waals surface area contributed by atoms with E-state index in [2.05, 4.69) is 28.2 Å². The number of amides is 1. The molecule has 5 heteroatoms. The molecule has 1 atom stereocenters. The number of rotatable bonds is 8. The molecule has 1 aliphatic heterocycles. The minimum atomic E-state index is 0.200. The SMILES string of the molecule is C=CCN(Cc1cccs1)C(=O)CN1CCCC1CNC. The van der Waals surface area contributed by atoms with Gasteiger partial charge in [0.05, 0.1) is 13.1 Å². The molecule has 0 radical (unpaired) electrons. The Morgan fingerprint density at radius 2 is 2.52 bits per heavy atom. The normalized spacial score (nSPS) is 18.8. The average Bonchev–Trinajstić information content (AvgIpc) is 3.11. The molecule has 0 spiro atoms. The third-order valence-corrected chi connectivity index (χ3v) is 4.77. The monoisotopic (exact) mass is 307 g/mol. The van der Waals surface area contributed by atoms with Crippen LogP contribution in [0.1, 0.15) is 17.7 Å². The first-order valence-corrected chi connectivity index (χ1v) is 8.42. The molecule has 1 saturated heterocycles. The van der Waals surface area contributed by atoms with E-state index < -0.39 is 0 Å². The van der Waals surface area contributed by atoms with Crippen LogP contribution in [0.25, 0.3) is 0 Å². The van der Waals surface area contributed by atoms with E-state index >= 15 is 0 Å². The summed E-state index contributed by atoms with van der Waals surface area (Å²) in [6, 6.07) is 4.60. The van der Waals surface area contributed by atoms with Crippen LogP contribution < -0.4 is 5.32 Å². The molecule has 0 aromatic carbocycles. The minimum Gasteiger partial charge on any atom is -0.333 e. The number of hydrogen-bond donors (Lipinski definition) is 1. The van der Waals surface area contributed by atoms with Gasteiger partial charge < -0.3 is 10.2 Å². The van der Waals surface area contributed by atoms with E-state index in [1.165, 1.54) is 17.7 Å². The molecule has 2 rings (SSSR count). The van der Waals surface area contributed by atoms with Crippen LogP contribution in [0.2, 0.25) is 0 Å². The van der Waals surface area contributed by atoms with Crippen molar-refractivity contribution >= 4 is 17.2 Å². The third-order valence-electron chi connectivity index (χ3n) is 3.91. The molecule has 1 unspecified atom stereocenters. The van der Waals surface area contributed by atoms with Crippen LogP contribution in [-0.4, -0.2) is 55.0 Å². The van der Waals surface area contributed by atoms with Crippen molar-refractivity contribution in [2.45, 2.75) is 25.4 Å². The highest BCUT2D eigenvalue weighted by atomic mass is 32.1. The predicted octanol–water partition coefficient (Wildman–Crippen LogP) is 1.95. The second kappa shape index (κ2) is 8.32. The van der Waals surface area contributed by atoms with Gasteiger partial charge in [0.1, 0.15) is 0 Å². The zero-order valence-corrected chi connectivity index (χ0v) is 13.6. The van der Waals surface area contributed by atoms with E-state index in [-0.39, 0.29) is 5.91 Å². The van der Waals surface area contributed by atoms with Gasteiger partial charge in [-0.15, -0.1) is 17.9 Å². The van der Waals surface area contributed by atoms with Crippen LogP contribution in [0, 0.1) is 0 Å². The van der Waals surface area contributed by atoms with Crippen molar-refractivity contribution in [2.75, 3.05) is 33.2 Å².